The second kappa shape index (κ2) is 4.06. The molecule has 0 aliphatic rings. The van der Waals surface area contributed by atoms with Crippen LogP contribution < -0.4 is 0 Å². The summed E-state index contributed by atoms with van der Waals surface area (Å²) in [7, 11) is 0. The van der Waals surface area contributed by atoms with Gasteiger partial charge in [0.05, 0.1) is 5.56 Å². The van der Waals surface area contributed by atoms with Crippen LogP contribution in [0.25, 0.3) is 11.1 Å². The van der Waals surface area contributed by atoms with E-state index in [4.69, 9.17) is 0 Å². The van der Waals surface area contributed by atoms with Crippen molar-refractivity contribution in [3.05, 3.63) is 48.0 Å². The molecule has 2 rings (SSSR count). The van der Waals surface area contributed by atoms with E-state index in [1.807, 2.05) is 30.3 Å². The van der Waals surface area contributed by atoms with E-state index in [0.717, 1.165) is 5.56 Å². The van der Waals surface area contributed by atoms with Crippen LogP contribution >= 0.6 is 0 Å². The van der Waals surface area contributed by atoms with E-state index in [1.165, 1.54) is 12.1 Å². The molecule has 0 radical (unpaired) electrons. The molecule has 0 amide bonds. The first kappa shape index (κ1) is 10.2. The Morgan fingerprint density at radius 1 is 0.938 bits per heavy atom. The third-order valence-corrected chi connectivity index (χ3v) is 2.36. The molecule has 0 aliphatic heterocycles. The Morgan fingerprint density at radius 3 is 2.25 bits per heavy atom. The molecule has 0 saturated heterocycles. The SMILES string of the molecule is O=Cc1cc(O)c(-c2ccccc2)cc1O. The summed E-state index contributed by atoms with van der Waals surface area (Å²) in [5, 5.41) is 19.3. The lowest BCUT2D eigenvalue weighted by Crippen LogP contribution is -1.85. The molecule has 0 spiro atoms. The van der Waals surface area contributed by atoms with Crippen molar-refractivity contribution in [2.75, 3.05) is 0 Å². The van der Waals surface area contributed by atoms with E-state index >= 15 is 0 Å². The minimum Gasteiger partial charge on any atom is -0.507 e. The Bertz CT molecular complexity index is 518. The smallest absolute Gasteiger partial charge is 0.153 e. The lowest BCUT2D eigenvalue weighted by atomic mass is 10.0. The van der Waals surface area contributed by atoms with Crippen molar-refractivity contribution >= 4 is 6.29 Å². The van der Waals surface area contributed by atoms with Crippen LogP contribution in [-0.4, -0.2) is 16.5 Å². The molecule has 2 N–H and O–H groups in total. The van der Waals surface area contributed by atoms with Crippen LogP contribution in [0.5, 0.6) is 11.5 Å². The fourth-order valence-electron chi connectivity index (χ4n) is 1.54. The van der Waals surface area contributed by atoms with Crippen LogP contribution in [-0.2, 0) is 0 Å². The van der Waals surface area contributed by atoms with Crippen LogP contribution in [0.1, 0.15) is 10.4 Å². The highest BCUT2D eigenvalue weighted by molar-refractivity contribution is 5.84. The van der Waals surface area contributed by atoms with E-state index in [1.54, 1.807) is 0 Å². The van der Waals surface area contributed by atoms with Crippen molar-refractivity contribution in [3.63, 3.8) is 0 Å². The Hall–Kier alpha value is -2.29. The zero-order chi connectivity index (χ0) is 11.5. The summed E-state index contributed by atoms with van der Waals surface area (Å²) in [6.45, 7) is 0. The molecule has 2 aromatic carbocycles. The molecule has 3 heteroatoms. The minimum atomic E-state index is -0.133. The topological polar surface area (TPSA) is 57.5 Å². The van der Waals surface area contributed by atoms with Gasteiger partial charge in [0.1, 0.15) is 11.5 Å². The molecule has 80 valence electrons. The molecule has 0 unspecified atom stereocenters. The Morgan fingerprint density at radius 2 is 1.62 bits per heavy atom. The van der Waals surface area contributed by atoms with Crippen molar-refractivity contribution in [2.24, 2.45) is 0 Å². The van der Waals surface area contributed by atoms with Crippen molar-refractivity contribution < 1.29 is 15.0 Å². The molecule has 0 saturated carbocycles. The van der Waals surface area contributed by atoms with E-state index in [0.29, 0.717) is 11.8 Å². The van der Waals surface area contributed by atoms with Crippen LogP contribution in [0.15, 0.2) is 42.5 Å². The average molecular weight is 214 g/mol. The first-order chi connectivity index (χ1) is 7.72. The van der Waals surface area contributed by atoms with E-state index < -0.39 is 0 Å². The fraction of sp³-hybridized carbons (Fsp3) is 0. The molecule has 0 atom stereocenters. The summed E-state index contributed by atoms with van der Waals surface area (Å²) < 4.78 is 0. The van der Waals surface area contributed by atoms with Gasteiger partial charge in [0.25, 0.3) is 0 Å². The maximum absolute atomic E-state index is 10.6. The van der Waals surface area contributed by atoms with Crippen molar-refractivity contribution in [1.82, 2.24) is 0 Å². The van der Waals surface area contributed by atoms with Gasteiger partial charge in [-0.15, -0.1) is 0 Å². The second-order valence-corrected chi connectivity index (χ2v) is 3.41. The van der Waals surface area contributed by atoms with E-state index in [2.05, 4.69) is 0 Å². The number of aromatic hydroxyl groups is 2. The van der Waals surface area contributed by atoms with E-state index in [9.17, 15) is 15.0 Å². The molecule has 0 heterocycles. The summed E-state index contributed by atoms with van der Waals surface area (Å²) in [6, 6.07) is 11.8. The Kier molecular flexibility index (Phi) is 2.60. The predicted octanol–water partition coefficient (Wildman–Crippen LogP) is 2.58. The fourth-order valence-corrected chi connectivity index (χ4v) is 1.54. The summed E-state index contributed by atoms with van der Waals surface area (Å²) in [4.78, 5) is 10.6. The summed E-state index contributed by atoms with van der Waals surface area (Å²) in [6.07, 6.45) is 0.504. The monoisotopic (exact) mass is 214 g/mol. The Balaban J connectivity index is 2.59. The second-order valence-electron chi connectivity index (χ2n) is 3.41. The number of rotatable bonds is 2. The number of aldehydes is 1. The molecule has 0 fully saturated rings. The average Bonchev–Trinajstić information content (AvgIpc) is 2.32. The van der Waals surface area contributed by atoms with Gasteiger partial charge in [0.2, 0.25) is 0 Å². The van der Waals surface area contributed by atoms with Crippen LogP contribution in [0.2, 0.25) is 0 Å². The lowest BCUT2D eigenvalue weighted by Gasteiger charge is -2.06. The molecular weight excluding hydrogens is 204 g/mol. The zero-order valence-electron chi connectivity index (χ0n) is 8.42. The van der Waals surface area contributed by atoms with Gasteiger partial charge < -0.3 is 10.2 Å². The third-order valence-electron chi connectivity index (χ3n) is 2.36. The van der Waals surface area contributed by atoms with Gasteiger partial charge in [-0.25, -0.2) is 0 Å². The summed E-state index contributed by atoms with van der Waals surface area (Å²) >= 11 is 0. The molecule has 0 bridgehead atoms. The molecule has 3 nitrogen and oxygen atoms in total. The molecule has 0 aromatic heterocycles. The highest BCUT2D eigenvalue weighted by Crippen LogP contribution is 2.33. The molecular formula is C13H10O3. The van der Waals surface area contributed by atoms with E-state index in [-0.39, 0.29) is 17.1 Å². The van der Waals surface area contributed by atoms with Gasteiger partial charge in [-0.05, 0) is 17.7 Å². The van der Waals surface area contributed by atoms with Crippen LogP contribution in [0.4, 0.5) is 0 Å². The summed E-state index contributed by atoms with van der Waals surface area (Å²) in [5.41, 5.74) is 1.37. The standard InChI is InChI=1S/C13H10O3/c14-8-10-6-13(16)11(7-12(10)15)9-4-2-1-3-5-9/h1-8,15-16H. The molecule has 2 aromatic rings. The number of phenolic OH excluding ortho intramolecular Hbond substituents is 2. The minimum absolute atomic E-state index is 0.0221. The zero-order valence-corrected chi connectivity index (χ0v) is 8.42. The van der Waals surface area contributed by atoms with Gasteiger partial charge in [-0.3, -0.25) is 4.79 Å². The summed E-state index contributed by atoms with van der Waals surface area (Å²) in [5.74, 6) is -0.155. The number of phenols is 2. The van der Waals surface area contributed by atoms with Crippen molar-refractivity contribution in [2.45, 2.75) is 0 Å². The Labute approximate surface area is 92.6 Å². The highest BCUT2D eigenvalue weighted by atomic mass is 16.3. The van der Waals surface area contributed by atoms with Gasteiger partial charge in [0.15, 0.2) is 6.29 Å². The normalized spacial score (nSPS) is 10.0. The maximum atomic E-state index is 10.6. The quantitative estimate of drug-likeness (QED) is 0.596. The van der Waals surface area contributed by atoms with Gasteiger partial charge in [0, 0.05) is 5.56 Å². The van der Waals surface area contributed by atoms with Crippen LogP contribution in [0, 0.1) is 0 Å². The predicted molar refractivity (Wildman–Crippen MR) is 60.6 cm³/mol. The largest absolute Gasteiger partial charge is 0.507 e. The lowest BCUT2D eigenvalue weighted by molar-refractivity contribution is 0.112. The first-order valence-electron chi connectivity index (χ1n) is 4.79. The highest BCUT2D eigenvalue weighted by Gasteiger charge is 2.09. The molecule has 16 heavy (non-hydrogen) atoms. The van der Waals surface area contributed by atoms with Gasteiger partial charge in [-0.2, -0.15) is 0 Å². The van der Waals surface area contributed by atoms with Crippen molar-refractivity contribution in [3.8, 4) is 22.6 Å². The number of hydrogen-bond donors (Lipinski definition) is 2. The van der Waals surface area contributed by atoms with Gasteiger partial charge >= 0.3 is 0 Å². The number of benzene rings is 2. The van der Waals surface area contributed by atoms with Gasteiger partial charge in [-0.1, -0.05) is 30.3 Å². The maximum Gasteiger partial charge on any atom is 0.153 e. The number of carbonyl (C=O) groups excluding carboxylic acids is 1. The first-order valence-corrected chi connectivity index (χ1v) is 4.79. The number of carbonyl (C=O) groups is 1. The number of hydrogen-bond acceptors (Lipinski definition) is 3. The third kappa shape index (κ3) is 1.75. The molecule has 0 aliphatic carbocycles. The van der Waals surface area contributed by atoms with Crippen molar-refractivity contribution in [1.29, 1.82) is 0 Å². The van der Waals surface area contributed by atoms with Crippen LogP contribution in [0.3, 0.4) is 0 Å².